The van der Waals surface area contributed by atoms with Gasteiger partial charge in [0.1, 0.15) is 0 Å². The summed E-state index contributed by atoms with van der Waals surface area (Å²) in [4.78, 5) is 1.95. The molecule has 0 radical (unpaired) electrons. The van der Waals surface area contributed by atoms with Gasteiger partial charge in [-0.2, -0.15) is 17.5 Å². The van der Waals surface area contributed by atoms with Crippen LogP contribution < -0.4 is 4.90 Å². The molecule has 0 amide bonds. The van der Waals surface area contributed by atoms with Crippen molar-refractivity contribution in [3.8, 4) is 0 Å². The molecule has 3 rings (SSSR count). The molecule has 1 saturated heterocycles. The normalized spacial score (nSPS) is 21.4. The molecular formula is C20H22ClF3N2O2S. The molecule has 1 fully saturated rings. The van der Waals surface area contributed by atoms with Gasteiger partial charge in [-0.3, -0.25) is 0 Å². The second-order valence-corrected chi connectivity index (χ2v) is 9.68. The molecule has 0 aromatic heterocycles. The lowest BCUT2D eigenvalue weighted by molar-refractivity contribution is -0.137. The minimum Gasteiger partial charge on any atom is -0.366 e. The summed E-state index contributed by atoms with van der Waals surface area (Å²) in [5.74, 6) is 0. The van der Waals surface area contributed by atoms with Gasteiger partial charge in [-0.1, -0.05) is 17.7 Å². The summed E-state index contributed by atoms with van der Waals surface area (Å²) in [7, 11) is -3.91. The predicted molar refractivity (Wildman–Crippen MR) is 108 cm³/mol. The van der Waals surface area contributed by atoms with Crippen molar-refractivity contribution in [3.05, 3.63) is 58.6 Å². The minimum absolute atomic E-state index is 0.130. The average Bonchev–Trinajstić information content (AvgIpc) is 2.65. The standard InChI is InChI=1S/C20H22ClF3N2O2S/c1-13-4-7-17(10-19(13)21)25-11-15(3)26(12-14(25)2)29(27,28)18-8-5-16(6-9-18)20(22,23)24/h4-10,14-15H,11-12H2,1-3H3. The number of benzene rings is 2. The van der Waals surface area contributed by atoms with Crippen molar-refractivity contribution in [2.24, 2.45) is 0 Å². The van der Waals surface area contributed by atoms with Gasteiger partial charge in [-0.05, 0) is 62.7 Å². The highest BCUT2D eigenvalue weighted by atomic mass is 35.5. The summed E-state index contributed by atoms with van der Waals surface area (Å²) in [6.45, 7) is 6.27. The summed E-state index contributed by atoms with van der Waals surface area (Å²) in [6, 6.07) is 8.86. The number of nitrogens with zero attached hydrogens (tertiary/aromatic N) is 2. The largest absolute Gasteiger partial charge is 0.416 e. The first-order valence-corrected chi connectivity index (χ1v) is 10.9. The third kappa shape index (κ3) is 4.39. The van der Waals surface area contributed by atoms with E-state index in [0.717, 1.165) is 35.5 Å². The van der Waals surface area contributed by atoms with E-state index in [1.54, 1.807) is 6.92 Å². The molecule has 4 nitrogen and oxygen atoms in total. The summed E-state index contributed by atoms with van der Waals surface area (Å²) in [5.41, 5.74) is 0.991. The fourth-order valence-electron chi connectivity index (χ4n) is 3.50. The van der Waals surface area contributed by atoms with E-state index < -0.39 is 21.8 Å². The van der Waals surface area contributed by atoms with Crippen molar-refractivity contribution in [2.75, 3.05) is 18.0 Å². The highest BCUT2D eigenvalue weighted by Crippen LogP contribution is 2.32. The molecule has 0 aliphatic carbocycles. The van der Waals surface area contributed by atoms with Gasteiger partial charge in [0.15, 0.2) is 0 Å². The average molecular weight is 447 g/mol. The van der Waals surface area contributed by atoms with Crippen LogP contribution in [0.4, 0.5) is 18.9 Å². The fourth-order valence-corrected chi connectivity index (χ4v) is 5.38. The van der Waals surface area contributed by atoms with Crippen molar-refractivity contribution >= 4 is 27.3 Å². The number of halogens is 4. The van der Waals surface area contributed by atoms with Gasteiger partial charge in [-0.15, -0.1) is 0 Å². The summed E-state index contributed by atoms with van der Waals surface area (Å²) in [5, 5.41) is 0.641. The van der Waals surface area contributed by atoms with Crippen LogP contribution in [0.5, 0.6) is 0 Å². The van der Waals surface area contributed by atoms with Crippen LogP contribution in [0.3, 0.4) is 0 Å². The lowest BCUT2D eigenvalue weighted by atomic mass is 10.1. The Kier molecular flexibility index (Phi) is 5.91. The number of hydrogen-bond acceptors (Lipinski definition) is 3. The molecule has 2 aromatic carbocycles. The van der Waals surface area contributed by atoms with Gasteiger partial charge in [-0.25, -0.2) is 8.42 Å². The topological polar surface area (TPSA) is 40.6 Å². The van der Waals surface area contributed by atoms with E-state index in [1.807, 2.05) is 32.0 Å². The van der Waals surface area contributed by atoms with Crippen molar-refractivity contribution in [1.29, 1.82) is 0 Å². The van der Waals surface area contributed by atoms with Crippen molar-refractivity contribution in [3.63, 3.8) is 0 Å². The van der Waals surface area contributed by atoms with Gasteiger partial charge in [0.2, 0.25) is 10.0 Å². The van der Waals surface area contributed by atoms with Gasteiger partial charge in [0.25, 0.3) is 0 Å². The van der Waals surface area contributed by atoms with E-state index in [2.05, 4.69) is 4.90 Å². The van der Waals surface area contributed by atoms with Gasteiger partial charge < -0.3 is 4.90 Å². The second kappa shape index (κ2) is 7.81. The van der Waals surface area contributed by atoms with Crippen LogP contribution in [-0.2, 0) is 16.2 Å². The minimum atomic E-state index is -4.51. The maximum absolute atomic E-state index is 13.1. The molecule has 0 N–H and O–H groups in total. The molecule has 1 heterocycles. The lowest BCUT2D eigenvalue weighted by Gasteiger charge is -2.44. The molecule has 2 aromatic rings. The molecule has 0 bridgehead atoms. The van der Waals surface area contributed by atoms with Crippen LogP contribution in [0.1, 0.15) is 25.0 Å². The Hall–Kier alpha value is -1.77. The molecule has 2 atom stereocenters. The van der Waals surface area contributed by atoms with Gasteiger partial charge >= 0.3 is 6.18 Å². The predicted octanol–water partition coefficient (Wildman–Crippen LogP) is 4.96. The zero-order valence-electron chi connectivity index (χ0n) is 16.2. The Balaban J connectivity index is 1.84. The number of hydrogen-bond donors (Lipinski definition) is 0. The highest BCUT2D eigenvalue weighted by molar-refractivity contribution is 7.89. The molecule has 9 heteroatoms. The Morgan fingerprint density at radius 2 is 1.62 bits per heavy atom. The van der Waals surface area contributed by atoms with E-state index in [9.17, 15) is 21.6 Å². The van der Waals surface area contributed by atoms with Crippen LogP contribution in [0.15, 0.2) is 47.4 Å². The maximum Gasteiger partial charge on any atom is 0.416 e. The number of anilines is 1. The molecule has 0 spiro atoms. The number of piperazine rings is 1. The third-order valence-electron chi connectivity index (χ3n) is 5.20. The fraction of sp³-hybridized carbons (Fsp3) is 0.400. The summed E-state index contributed by atoms with van der Waals surface area (Å²) in [6.07, 6.45) is -4.51. The number of sulfonamides is 1. The number of rotatable bonds is 3. The molecule has 1 aliphatic heterocycles. The molecule has 29 heavy (non-hydrogen) atoms. The maximum atomic E-state index is 13.1. The summed E-state index contributed by atoms with van der Waals surface area (Å²) < 4.78 is 65.8. The molecule has 2 unspecified atom stereocenters. The van der Waals surface area contributed by atoms with Crippen LogP contribution in [0.2, 0.25) is 5.02 Å². The molecular weight excluding hydrogens is 425 g/mol. The van der Waals surface area contributed by atoms with Crippen LogP contribution in [-0.4, -0.2) is 37.9 Å². The Bertz CT molecular complexity index is 994. The van der Waals surface area contributed by atoms with E-state index in [0.29, 0.717) is 11.6 Å². The van der Waals surface area contributed by atoms with E-state index in [1.165, 1.54) is 4.31 Å². The monoisotopic (exact) mass is 446 g/mol. The quantitative estimate of drug-likeness (QED) is 0.669. The number of aryl methyl sites for hydroxylation is 1. The zero-order valence-corrected chi connectivity index (χ0v) is 17.8. The Morgan fingerprint density at radius 3 is 2.17 bits per heavy atom. The second-order valence-electron chi connectivity index (χ2n) is 7.38. The molecule has 1 aliphatic rings. The highest BCUT2D eigenvalue weighted by Gasteiger charge is 2.38. The van der Waals surface area contributed by atoms with Crippen LogP contribution in [0.25, 0.3) is 0 Å². The van der Waals surface area contributed by atoms with E-state index in [-0.39, 0.29) is 23.5 Å². The first-order valence-electron chi connectivity index (χ1n) is 9.13. The zero-order chi connectivity index (χ0) is 21.6. The lowest BCUT2D eigenvalue weighted by Crippen LogP contribution is -2.58. The SMILES string of the molecule is Cc1ccc(N2CC(C)N(S(=O)(=O)c3ccc(C(F)(F)F)cc3)CC2C)cc1Cl. The molecule has 0 saturated carbocycles. The van der Waals surface area contributed by atoms with Crippen molar-refractivity contribution in [1.82, 2.24) is 4.31 Å². The smallest absolute Gasteiger partial charge is 0.366 e. The van der Waals surface area contributed by atoms with Crippen LogP contribution >= 0.6 is 11.6 Å². The number of alkyl halides is 3. The third-order valence-corrected chi connectivity index (χ3v) is 7.61. The first-order chi connectivity index (χ1) is 13.4. The van der Waals surface area contributed by atoms with E-state index in [4.69, 9.17) is 11.6 Å². The Morgan fingerprint density at radius 1 is 1.00 bits per heavy atom. The van der Waals surface area contributed by atoms with Crippen molar-refractivity contribution in [2.45, 2.75) is 43.9 Å². The van der Waals surface area contributed by atoms with Gasteiger partial charge in [0.05, 0.1) is 10.5 Å². The van der Waals surface area contributed by atoms with Crippen molar-refractivity contribution < 1.29 is 21.6 Å². The molecule has 158 valence electrons. The first kappa shape index (κ1) is 21.9. The summed E-state index contributed by atoms with van der Waals surface area (Å²) >= 11 is 6.23. The van der Waals surface area contributed by atoms with Crippen LogP contribution in [0, 0.1) is 6.92 Å². The van der Waals surface area contributed by atoms with E-state index >= 15 is 0 Å². The van der Waals surface area contributed by atoms with Gasteiger partial charge in [0, 0.05) is 35.9 Å². The Labute approximate surface area is 173 Å².